The Kier molecular flexibility index (Phi) is 5.90. The lowest BCUT2D eigenvalue weighted by molar-refractivity contribution is -0.119. The Balaban J connectivity index is 1.78. The van der Waals surface area contributed by atoms with Crippen LogP contribution >= 0.6 is 0 Å². The van der Waals surface area contributed by atoms with Gasteiger partial charge in [-0.25, -0.2) is 10.2 Å². The van der Waals surface area contributed by atoms with Gasteiger partial charge in [0.15, 0.2) is 0 Å². The van der Waals surface area contributed by atoms with Crippen LogP contribution < -0.4 is 15.5 Å². The molecule has 0 unspecified atom stereocenters. The molecule has 2 rings (SSSR count). The average Bonchev–Trinajstić information content (AvgIpc) is 2.61. The largest absolute Gasteiger partial charge is 0.497 e. The van der Waals surface area contributed by atoms with Gasteiger partial charge in [-0.3, -0.25) is 4.79 Å². The molecule has 1 amide bonds. The normalized spacial score (nSPS) is 10.4. The van der Waals surface area contributed by atoms with Crippen LogP contribution in [0.2, 0.25) is 0 Å². The molecule has 0 aliphatic heterocycles. The molecule has 0 radical (unpaired) electrons. The molecular formula is C17H17N3O4. The Morgan fingerprint density at radius 2 is 1.79 bits per heavy atom. The van der Waals surface area contributed by atoms with Crippen molar-refractivity contribution in [3.05, 3.63) is 59.7 Å². The highest BCUT2D eigenvalue weighted by atomic mass is 16.5. The van der Waals surface area contributed by atoms with Gasteiger partial charge in [0.1, 0.15) is 5.75 Å². The van der Waals surface area contributed by atoms with Gasteiger partial charge < -0.3 is 15.2 Å². The Hall–Kier alpha value is -3.35. The van der Waals surface area contributed by atoms with E-state index in [9.17, 15) is 9.59 Å². The summed E-state index contributed by atoms with van der Waals surface area (Å²) in [6, 6.07) is 13.3. The number of aromatic carboxylic acids is 1. The molecule has 24 heavy (non-hydrogen) atoms. The van der Waals surface area contributed by atoms with E-state index in [1.807, 2.05) is 0 Å². The standard InChI is InChI=1S/C17H17N3O4/c1-24-15-8-6-14(7-9-15)18-11-16(21)20-19-10-12-2-4-13(5-3-12)17(22)23/h2-10,18H,11H2,1H3,(H,20,21)(H,22,23)/b19-10+. The second-order valence-electron chi connectivity index (χ2n) is 4.80. The Morgan fingerprint density at radius 3 is 2.38 bits per heavy atom. The van der Waals surface area contributed by atoms with Gasteiger partial charge in [0.2, 0.25) is 0 Å². The summed E-state index contributed by atoms with van der Waals surface area (Å²) in [5, 5.41) is 15.6. The third-order valence-corrected chi connectivity index (χ3v) is 3.10. The van der Waals surface area contributed by atoms with E-state index >= 15 is 0 Å². The van der Waals surface area contributed by atoms with Crippen molar-refractivity contribution in [1.82, 2.24) is 5.43 Å². The highest BCUT2D eigenvalue weighted by Crippen LogP contribution is 2.14. The monoisotopic (exact) mass is 327 g/mol. The van der Waals surface area contributed by atoms with Gasteiger partial charge in [0.25, 0.3) is 5.91 Å². The minimum Gasteiger partial charge on any atom is -0.497 e. The van der Waals surface area contributed by atoms with Gasteiger partial charge in [-0.15, -0.1) is 0 Å². The van der Waals surface area contributed by atoms with E-state index in [1.54, 1.807) is 43.5 Å². The molecule has 124 valence electrons. The fraction of sp³-hybridized carbons (Fsp3) is 0.118. The van der Waals surface area contributed by atoms with Crippen molar-refractivity contribution < 1.29 is 19.4 Å². The van der Waals surface area contributed by atoms with E-state index in [2.05, 4.69) is 15.8 Å². The average molecular weight is 327 g/mol. The molecule has 0 heterocycles. The van der Waals surface area contributed by atoms with Crippen LogP contribution in [0.4, 0.5) is 5.69 Å². The quantitative estimate of drug-likeness (QED) is 0.533. The SMILES string of the molecule is COc1ccc(NCC(=O)N/N=C/c2ccc(C(=O)O)cc2)cc1. The maximum absolute atomic E-state index is 11.7. The second-order valence-corrected chi connectivity index (χ2v) is 4.80. The topological polar surface area (TPSA) is 100 Å². The van der Waals surface area contributed by atoms with Crippen molar-refractivity contribution in [2.24, 2.45) is 5.10 Å². The minimum atomic E-state index is -0.989. The van der Waals surface area contributed by atoms with Crippen LogP contribution in [0, 0.1) is 0 Å². The van der Waals surface area contributed by atoms with Crippen molar-refractivity contribution in [2.75, 3.05) is 19.0 Å². The van der Waals surface area contributed by atoms with Gasteiger partial charge in [-0.1, -0.05) is 12.1 Å². The van der Waals surface area contributed by atoms with Crippen LogP contribution in [-0.4, -0.2) is 36.9 Å². The number of hydrogen-bond acceptors (Lipinski definition) is 5. The summed E-state index contributed by atoms with van der Waals surface area (Å²) in [5.41, 5.74) is 4.06. The van der Waals surface area contributed by atoms with Crippen LogP contribution in [0.15, 0.2) is 53.6 Å². The first-order chi connectivity index (χ1) is 11.6. The number of hydrazone groups is 1. The fourth-order valence-corrected chi connectivity index (χ4v) is 1.82. The number of methoxy groups -OCH3 is 1. The maximum Gasteiger partial charge on any atom is 0.335 e. The number of carbonyl (C=O) groups excluding carboxylic acids is 1. The number of benzene rings is 2. The van der Waals surface area contributed by atoms with Crippen molar-refractivity contribution >= 4 is 23.8 Å². The molecule has 0 aromatic heterocycles. The highest BCUT2D eigenvalue weighted by molar-refractivity contribution is 5.89. The molecule has 7 heteroatoms. The number of carboxylic acids is 1. The molecule has 0 atom stereocenters. The van der Waals surface area contributed by atoms with E-state index < -0.39 is 5.97 Å². The van der Waals surface area contributed by atoms with Crippen LogP contribution in [0.5, 0.6) is 5.75 Å². The molecule has 3 N–H and O–H groups in total. The molecule has 0 saturated heterocycles. The summed E-state index contributed by atoms with van der Waals surface area (Å²) in [4.78, 5) is 22.4. The Labute approximate surface area is 139 Å². The summed E-state index contributed by atoms with van der Waals surface area (Å²) in [7, 11) is 1.59. The number of rotatable bonds is 7. The number of nitrogens with one attached hydrogen (secondary N) is 2. The smallest absolute Gasteiger partial charge is 0.335 e. The first kappa shape index (κ1) is 17.0. The Morgan fingerprint density at radius 1 is 1.12 bits per heavy atom. The first-order valence-corrected chi connectivity index (χ1v) is 7.11. The number of amides is 1. The third kappa shape index (κ3) is 5.13. The summed E-state index contributed by atoms with van der Waals surface area (Å²) in [6.45, 7) is 0.0711. The number of carboxylic acid groups (broad SMARTS) is 1. The first-order valence-electron chi connectivity index (χ1n) is 7.11. The molecular weight excluding hydrogens is 310 g/mol. The lowest BCUT2D eigenvalue weighted by Crippen LogP contribution is -2.25. The van der Waals surface area contributed by atoms with Crippen LogP contribution in [0.3, 0.4) is 0 Å². The lowest BCUT2D eigenvalue weighted by atomic mass is 10.1. The molecule has 0 aliphatic carbocycles. The zero-order valence-electron chi connectivity index (χ0n) is 13.0. The summed E-state index contributed by atoms with van der Waals surface area (Å²) >= 11 is 0. The highest BCUT2D eigenvalue weighted by Gasteiger charge is 2.01. The van der Waals surface area contributed by atoms with E-state index in [1.165, 1.54) is 18.3 Å². The fourth-order valence-electron chi connectivity index (χ4n) is 1.82. The van der Waals surface area contributed by atoms with Crippen LogP contribution in [0.1, 0.15) is 15.9 Å². The predicted molar refractivity (Wildman–Crippen MR) is 90.6 cm³/mol. The lowest BCUT2D eigenvalue weighted by Gasteiger charge is -2.06. The minimum absolute atomic E-state index is 0.0711. The van der Waals surface area contributed by atoms with E-state index in [0.29, 0.717) is 5.56 Å². The van der Waals surface area contributed by atoms with E-state index in [4.69, 9.17) is 9.84 Å². The third-order valence-electron chi connectivity index (χ3n) is 3.10. The molecule has 7 nitrogen and oxygen atoms in total. The molecule has 0 aliphatic rings. The van der Waals surface area contributed by atoms with Gasteiger partial charge in [0, 0.05) is 5.69 Å². The zero-order chi connectivity index (χ0) is 17.4. The summed E-state index contributed by atoms with van der Waals surface area (Å²) in [6.07, 6.45) is 1.44. The summed E-state index contributed by atoms with van der Waals surface area (Å²) < 4.78 is 5.05. The van der Waals surface area contributed by atoms with E-state index in [0.717, 1.165) is 11.4 Å². The molecule has 0 saturated carbocycles. The number of carbonyl (C=O) groups is 2. The zero-order valence-corrected chi connectivity index (χ0v) is 13.0. The van der Waals surface area contributed by atoms with Gasteiger partial charge in [-0.05, 0) is 42.0 Å². The molecule has 2 aromatic carbocycles. The number of nitrogens with zero attached hydrogens (tertiary/aromatic N) is 1. The molecule has 0 fully saturated rings. The molecule has 0 bridgehead atoms. The van der Waals surface area contributed by atoms with Gasteiger partial charge >= 0.3 is 5.97 Å². The molecule has 2 aromatic rings. The van der Waals surface area contributed by atoms with Gasteiger partial charge in [0.05, 0.1) is 25.4 Å². The molecule has 0 spiro atoms. The maximum atomic E-state index is 11.7. The number of anilines is 1. The number of ether oxygens (including phenoxy) is 1. The summed E-state index contributed by atoms with van der Waals surface area (Å²) in [5.74, 6) is -0.552. The predicted octanol–water partition coefficient (Wildman–Crippen LogP) is 1.96. The van der Waals surface area contributed by atoms with Crippen molar-refractivity contribution in [3.63, 3.8) is 0 Å². The van der Waals surface area contributed by atoms with Crippen LogP contribution in [-0.2, 0) is 4.79 Å². The Bertz CT molecular complexity index is 725. The van der Waals surface area contributed by atoms with E-state index in [-0.39, 0.29) is 18.0 Å². The van der Waals surface area contributed by atoms with Crippen molar-refractivity contribution in [1.29, 1.82) is 0 Å². The van der Waals surface area contributed by atoms with Crippen molar-refractivity contribution in [2.45, 2.75) is 0 Å². The van der Waals surface area contributed by atoms with Crippen molar-refractivity contribution in [3.8, 4) is 5.75 Å². The van der Waals surface area contributed by atoms with Crippen LogP contribution in [0.25, 0.3) is 0 Å². The number of hydrogen-bond donors (Lipinski definition) is 3. The second kappa shape index (κ2) is 8.33. The van der Waals surface area contributed by atoms with Gasteiger partial charge in [-0.2, -0.15) is 5.10 Å².